The summed E-state index contributed by atoms with van der Waals surface area (Å²) >= 11 is 0. The first kappa shape index (κ1) is 16.5. The fraction of sp³-hybridized carbons (Fsp3) is 0.529. The molecule has 3 nitrogen and oxygen atoms in total. The van der Waals surface area contributed by atoms with E-state index in [0.717, 1.165) is 6.42 Å². The van der Waals surface area contributed by atoms with Gasteiger partial charge in [0.1, 0.15) is 5.60 Å². The summed E-state index contributed by atoms with van der Waals surface area (Å²) < 4.78 is 5.45. The zero-order valence-corrected chi connectivity index (χ0v) is 13.1. The summed E-state index contributed by atoms with van der Waals surface area (Å²) in [6.45, 7) is 12.9. The Kier molecular flexibility index (Phi) is 6.05. The van der Waals surface area contributed by atoms with E-state index < -0.39 is 5.60 Å². The molecular formula is C17H26NO2. The van der Waals surface area contributed by atoms with Gasteiger partial charge in [0, 0.05) is 13.1 Å². The Morgan fingerprint density at radius 2 is 1.90 bits per heavy atom. The van der Waals surface area contributed by atoms with E-state index in [2.05, 4.69) is 19.1 Å². The van der Waals surface area contributed by atoms with Crippen molar-refractivity contribution in [3.05, 3.63) is 42.8 Å². The highest BCUT2D eigenvalue weighted by molar-refractivity contribution is 5.68. The van der Waals surface area contributed by atoms with Gasteiger partial charge in [0.2, 0.25) is 0 Å². The molecule has 1 radical (unpaired) electrons. The molecular weight excluding hydrogens is 250 g/mol. The summed E-state index contributed by atoms with van der Waals surface area (Å²) in [5.41, 5.74) is 0.754. The highest BCUT2D eigenvalue weighted by Gasteiger charge is 2.22. The van der Waals surface area contributed by atoms with Gasteiger partial charge < -0.3 is 9.64 Å². The van der Waals surface area contributed by atoms with Crippen LogP contribution in [-0.2, 0) is 11.2 Å². The van der Waals surface area contributed by atoms with Crippen LogP contribution in [-0.4, -0.2) is 29.7 Å². The lowest BCUT2D eigenvalue weighted by Gasteiger charge is -2.28. The van der Waals surface area contributed by atoms with Crippen molar-refractivity contribution >= 4 is 6.09 Å². The molecule has 0 aliphatic heterocycles. The van der Waals surface area contributed by atoms with Crippen molar-refractivity contribution in [3.8, 4) is 0 Å². The second-order valence-electron chi connectivity index (χ2n) is 6.27. The molecule has 1 atom stereocenters. The Hall–Kier alpha value is -1.51. The highest BCUT2D eigenvalue weighted by Crippen LogP contribution is 2.12. The van der Waals surface area contributed by atoms with Crippen LogP contribution in [0.4, 0.5) is 4.79 Å². The second kappa shape index (κ2) is 7.32. The van der Waals surface area contributed by atoms with Crippen LogP contribution in [0.25, 0.3) is 0 Å². The standard InChI is InChI=1S/C17H26NO2/c1-14(2)13-18(16(19)20-17(3,4)5)12-11-15-9-7-6-8-10-15/h6-10,14H,1,11-13H2,2-5H3/t14-/m0/s1. The van der Waals surface area contributed by atoms with Gasteiger partial charge in [-0.25, -0.2) is 4.79 Å². The first-order valence-electron chi connectivity index (χ1n) is 7.13. The summed E-state index contributed by atoms with van der Waals surface area (Å²) in [4.78, 5) is 13.9. The number of amides is 1. The van der Waals surface area contributed by atoms with Crippen molar-refractivity contribution in [2.24, 2.45) is 5.92 Å². The highest BCUT2D eigenvalue weighted by atomic mass is 16.6. The van der Waals surface area contributed by atoms with Crippen LogP contribution in [0.5, 0.6) is 0 Å². The van der Waals surface area contributed by atoms with Crippen molar-refractivity contribution < 1.29 is 9.53 Å². The lowest BCUT2D eigenvalue weighted by Crippen LogP contribution is -2.40. The third kappa shape index (κ3) is 6.60. The number of nitrogens with zero attached hydrogens (tertiary/aromatic N) is 1. The lowest BCUT2D eigenvalue weighted by molar-refractivity contribution is 0.0236. The van der Waals surface area contributed by atoms with Crippen LogP contribution < -0.4 is 0 Å². The number of carbonyl (C=O) groups excluding carboxylic acids is 1. The minimum Gasteiger partial charge on any atom is -0.444 e. The summed E-state index contributed by atoms with van der Waals surface area (Å²) in [5.74, 6) is 0.179. The topological polar surface area (TPSA) is 29.5 Å². The quantitative estimate of drug-likeness (QED) is 0.815. The number of hydrogen-bond donors (Lipinski definition) is 0. The Bertz CT molecular complexity index is 407. The number of benzene rings is 1. The van der Waals surface area contributed by atoms with E-state index in [9.17, 15) is 4.79 Å². The second-order valence-corrected chi connectivity index (χ2v) is 6.27. The number of carbonyl (C=O) groups is 1. The summed E-state index contributed by atoms with van der Waals surface area (Å²) in [6.07, 6.45) is 0.566. The van der Waals surface area contributed by atoms with Crippen LogP contribution in [0.1, 0.15) is 33.3 Å². The Balaban J connectivity index is 2.62. The van der Waals surface area contributed by atoms with E-state index in [1.165, 1.54) is 5.56 Å². The van der Waals surface area contributed by atoms with Crippen molar-refractivity contribution in [1.82, 2.24) is 4.90 Å². The maximum absolute atomic E-state index is 12.2. The number of ether oxygens (including phenoxy) is 1. The van der Waals surface area contributed by atoms with Crippen LogP contribution in [0, 0.1) is 12.8 Å². The molecule has 0 aromatic heterocycles. The van der Waals surface area contributed by atoms with Gasteiger partial charge in [0.25, 0.3) is 0 Å². The molecule has 0 unspecified atom stereocenters. The van der Waals surface area contributed by atoms with Crippen molar-refractivity contribution in [2.75, 3.05) is 13.1 Å². The Morgan fingerprint density at radius 1 is 1.30 bits per heavy atom. The van der Waals surface area contributed by atoms with Gasteiger partial charge in [-0.3, -0.25) is 0 Å². The molecule has 0 N–H and O–H groups in total. The molecule has 0 aliphatic carbocycles. The maximum Gasteiger partial charge on any atom is 0.410 e. The van der Waals surface area contributed by atoms with Gasteiger partial charge in [-0.15, -0.1) is 0 Å². The molecule has 3 heteroatoms. The molecule has 0 spiro atoms. The molecule has 1 rings (SSSR count). The van der Waals surface area contributed by atoms with Gasteiger partial charge in [0.05, 0.1) is 0 Å². The van der Waals surface area contributed by atoms with E-state index in [-0.39, 0.29) is 12.0 Å². The molecule has 20 heavy (non-hydrogen) atoms. The zero-order chi connectivity index (χ0) is 15.2. The molecule has 0 saturated heterocycles. The summed E-state index contributed by atoms with van der Waals surface area (Å²) in [6, 6.07) is 10.2. The fourth-order valence-corrected chi connectivity index (χ4v) is 1.87. The average Bonchev–Trinajstić information content (AvgIpc) is 2.33. The maximum atomic E-state index is 12.2. The minimum atomic E-state index is -0.466. The average molecular weight is 276 g/mol. The van der Waals surface area contributed by atoms with Crippen molar-refractivity contribution in [3.63, 3.8) is 0 Å². The van der Waals surface area contributed by atoms with E-state index in [1.54, 1.807) is 4.90 Å². The first-order valence-corrected chi connectivity index (χ1v) is 7.13. The van der Waals surface area contributed by atoms with E-state index in [0.29, 0.717) is 13.1 Å². The largest absolute Gasteiger partial charge is 0.444 e. The first-order chi connectivity index (χ1) is 9.28. The number of rotatable bonds is 5. The predicted molar refractivity (Wildman–Crippen MR) is 82.5 cm³/mol. The molecule has 111 valence electrons. The monoisotopic (exact) mass is 276 g/mol. The zero-order valence-electron chi connectivity index (χ0n) is 13.1. The SMILES string of the molecule is [CH2][C@@H](C)CN(CCc1ccccc1)C(=O)OC(C)(C)C. The third-order valence-electron chi connectivity index (χ3n) is 2.70. The normalized spacial score (nSPS) is 11.5. The Morgan fingerprint density at radius 3 is 2.40 bits per heavy atom. The minimum absolute atomic E-state index is 0.179. The molecule has 0 bridgehead atoms. The molecule has 1 amide bonds. The van der Waals surface area contributed by atoms with Crippen LogP contribution in [0.3, 0.4) is 0 Å². The van der Waals surface area contributed by atoms with Crippen molar-refractivity contribution in [1.29, 1.82) is 0 Å². The van der Waals surface area contributed by atoms with Gasteiger partial charge in [-0.2, -0.15) is 0 Å². The van der Waals surface area contributed by atoms with Crippen LogP contribution >= 0.6 is 0 Å². The van der Waals surface area contributed by atoms with Gasteiger partial charge in [-0.1, -0.05) is 37.3 Å². The van der Waals surface area contributed by atoms with E-state index >= 15 is 0 Å². The molecule has 0 saturated carbocycles. The van der Waals surface area contributed by atoms with Gasteiger partial charge in [0.15, 0.2) is 0 Å². The summed E-state index contributed by atoms with van der Waals surface area (Å²) in [5, 5.41) is 0. The smallest absolute Gasteiger partial charge is 0.410 e. The lowest BCUT2D eigenvalue weighted by atomic mass is 10.1. The fourth-order valence-electron chi connectivity index (χ4n) is 1.87. The van der Waals surface area contributed by atoms with Gasteiger partial charge >= 0.3 is 6.09 Å². The Labute approximate surface area is 122 Å². The molecule has 1 aromatic rings. The van der Waals surface area contributed by atoms with Crippen LogP contribution in [0.15, 0.2) is 30.3 Å². The molecule has 0 aliphatic rings. The van der Waals surface area contributed by atoms with Crippen LogP contribution in [0.2, 0.25) is 0 Å². The molecule has 1 aromatic carbocycles. The molecule has 0 heterocycles. The van der Waals surface area contributed by atoms with E-state index in [1.807, 2.05) is 45.9 Å². The third-order valence-corrected chi connectivity index (χ3v) is 2.70. The molecule has 0 fully saturated rings. The van der Waals surface area contributed by atoms with Gasteiger partial charge in [-0.05, 0) is 45.6 Å². The predicted octanol–water partition coefficient (Wildman–Crippen LogP) is 3.94. The number of hydrogen-bond acceptors (Lipinski definition) is 2. The van der Waals surface area contributed by atoms with Crippen molar-refractivity contribution in [2.45, 2.75) is 39.7 Å². The van der Waals surface area contributed by atoms with E-state index in [4.69, 9.17) is 4.74 Å². The summed E-state index contributed by atoms with van der Waals surface area (Å²) in [7, 11) is 0.